The number of hydrogen-bond donors (Lipinski definition) is 3. The molecule has 2 heterocycles. The van der Waals surface area contributed by atoms with E-state index in [1.54, 1.807) is 6.20 Å². The van der Waals surface area contributed by atoms with Crippen molar-refractivity contribution in [2.75, 3.05) is 31.2 Å². The van der Waals surface area contributed by atoms with Crippen LogP contribution < -0.4 is 10.6 Å². The minimum absolute atomic E-state index is 0.0359. The summed E-state index contributed by atoms with van der Waals surface area (Å²) in [6.07, 6.45) is 0.703. The highest BCUT2D eigenvalue weighted by atomic mass is 16.5. The van der Waals surface area contributed by atoms with Crippen LogP contribution in [0.3, 0.4) is 0 Å². The van der Waals surface area contributed by atoms with E-state index in [2.05, 4.69) is 9.88 Å². The zero-order chi connectivity index (χ0) is 14.1. The Labute approximate surface area is 118 Å². The molecule has 6 heteroatoms. The minimum atomic E-state index is -0.848. The average molecular weight is 279 g/mol. The van der Waals surface area contributed by atoms with E-state index >= 15 is 0 Å². The molecule has 1 saturated carbocycles. The Morgan fingerprint density at radius 3 is 2.55 bits per heavy atom. The lowest BCUT2D eigenvalue weighted by molar-refractivity contribution is 0.0363. The number of nitrogens with zero attached hydrogens (tertiary/aromatic N) is 2. The van der Waals surface area contributed by atoms with Crippen LogP contribution in [0.5, 0.6) is 0 Å². The average Bonchev–Trinajstić information content (AvgIpc) is 2.76. The number of aromatic nitrogens is 1. The lowest BCUT2D eigenvalue weighted by atomic mass is 9.95. The topological polar surface area (TPSA) is 91.8 Å². The first-order valence-corrected chi connectivity index (χ1v) is 7.07. The third kappa shape index (κ3) is 2.52. The number of rotatable bonds is 2. The molecular formula is C14H21N3O3. The summed E-state index contributed by atoms with van der Waals surface area (Å²) in [5.74, 6) is 0.899. The van der Waals surface area contributed by atoms with Gasteiger partial charge >= 0.3 is 0 Å². The maximum atomic E-state index is 9.74. The quantitative estimate of drug-likeness (QED) is 0.673. The second-order valence-electron chi connectivity index (χ2n) is 5.53. The smallest absolute Gasteiger partial charge is 0.128 e. The Kier molecular flexibility index (Phi) is 3.89. The standard InChI is InChI=1S/C14H21N3O3/c15-13-10(7-11(18)14(13)19)9-1-2-12(16-8-9)17-3-5-20-6-4-17/h1-2,8,10-11,13-14,18-19H,3-7,15H2. The lowest BCUT2D eigenvalue weighted by Crippen LogP contribution is -2.37. The van der Waals surface area contributed by atoms with Crippen LogP contribution in [0.15, 0.2) is 18.3 Å². The van der Waals surface area contributed by atoms with Crippen LogP contribution in [0, 0.1) is 0 Å². The summed E-state index contributed by atoms with van der Waals surface area (Å²) in [5, 5.41) is 19.4. The van der Waals surface area contributed by atoms with Gasteiger partial charge in [0.2, 0.25) is 0 Å². The van der Waals surface area contributed by atoms with Crippen molar-refractivity contribution in [1.82, 2.24) is 4.98 Å². The van der Waals surface area contributed by atoms with E-state index in [1.165, 1.54) is 0 Å². The molecule has 0 spiro atoms. The molecule has 3 rings (SSSR count). The third-order valence-corrected chi connectivity index (χ3v) is 4.28. The van der Waals surface area contributed by atoms with Crippen molar-refractivity contribution >= 4 is 5.82 Å². The molecule has 0 bridgehead atoms. The number of aliphatic hydroxyl groups is 2. The van der Waals surface area contributed by atoms with Crippen LogP contribution in [0.25, 0.3) is 0 Å². The van der Waals surface area contributed by atoms with Crippen LogP contribution in [-0.4, -0.2) is 59.8 Å². The van der Waals surface area contributed by atoms with Gasteiger partial charge in [0, 0.05) is 31.2 Å². The van der Waals surface area contributed by atoms with E-state index in [9.17, 15) is 10.2 Å². The van der Waals surface area contributed by atoms with Crippen molar-refractivity contribution in [3.8, 4) is 0 Å². The summed E-state index contributed by atoms with van der Waals surface area (Å²) in [6, 6.07) is 3.54. The summed E-state index contributed by atoms with van der Waals surface area (Å²) in [4.78, 5) is 6.67. The van der Waals surface area contributed by atoms with E-state index in [-0.39, 0.29) is 5.92 Å². The molecule has 110 valence electrons. The van der Waals surface area contributed by atoms with Crippen molar-refractivity contribution in [2.24, 2.45) is 5.73 Å². The molecule has 1 saturated heterocycles. The molecule has 4 N–H and O–H groups in total. The van der Waals surface area contributed by atoms with Gasteiger partial charge in [0.05, 0.1) is 25.4 Å². The third-order valence-electron chi connectivity index (χ3n) is 4.28. The number of hydrogen-bond acceptors (Lipinski definition) is 6. The van der Waals surface area contributed by atoms with E-state index in [1.807, 2.05) is 12.1 Å². The van der Waals surface area contributed by atoms with Gasteiger partial charge in [-0.05, 0) is 18.1 Å². The Hall–Kier alpha value is -1.21. The molecular weight excluding hydrogens is 258 g/mol. The highest BCUT2D eigenvalue weighted by molar-refractivity contribution is 5.40. The lowest BCUT2D eigenvalue weighted by Gasteiger charge is -2.28. The molecule has 0 radical (unpaired) electrons. The maximum Gasteiger partial charge on any atom is 0.128 e. The van der Waals surface area contributed by atoms with Crippen LogP contribution in [0.2, 0.25) is 0 Å². The van der Waals surface area contributed by atoms with E-state index in [0.29, 0.717) is 6.42 Å². The Morgan fingerprint density at radius 1 is 1.25 bits per heavy atom. The van der Waals surface area contributed by atoms with E-state index < -0.39 is 18.2 Å². The van der Waals surface area contributed by atoms with Crippen molar-refractivity contribution < 1.29 is 14.9 Å². The molecule has 2 aliphatic rings. The van der Waals surface area contributed by atoms with Crippen molar-refractivity contribution in [1.29, 1.82) is 0 Å². The van der Waals surface area contributed by atoms with Gasteiger partial charge in [-0.2, -0.15) is 0 Å². The van der Waals surface area contributed by atoms with Gasteiger partial charge in [-0.3, -0.25) is 0 Å². The van der Waals surface area contributed by atoms with Gasteiger partial charge in [-0.1, -0.05) is 6.07 Å². The van der Waals surface area contributed by atoms with Crippen LogP contribution in [0.1, 0.15) is 17.9 Å². The van der Waals surface area contributed by atoms with Crippen molar-refractivity contribution in [3.05, 3.63) is 23.9 Å². The summed E-state index contributed by atoms with van der Waals surface area (Å²) < 4.78 is 5.32. The van der Waals surface area contributed by atoms with Gasteiger partial charge in [0.25, 0.3) is 0 Å². The molecule has 4 unspecified atom stereocenters. The fourth-order valence-corrected chi connectivity index (χ4v) is 3.01. The first kappa shape index (κ1) is 13.8. The number of aliphatic hydroxyl groups excluding tert-OH is 2. The second kappa shape index (κ2) is 5.65. The number of morpholine rings is 1. The molecule has 20 heavy (non-hydrogen) atoms. The zero-order valence-corrected chi connectivity index (χ0v) is 11.4. The minimum Gasteiger partial charge on any atom is -0.390 e. The molecule has 1 aromatic heterocycles. The monoisotopic (exact) mass is 279 g/mol. The first-order chi connectivity index (χ1) is 9.66. The Bertz CT molecular complexity index is 447. The van der Waals surface area contributed by atoms with E-state index in [4.69, 9.17) is 10.5 Å². The fourth-order valence-electron chi connectivity index (χ4n) is 3.01. The van der Waals surface area contributed by atoms with Crippen molar-refractivity contribution in [3.63, 3.8) is 0 Å². The normalized spacial score (nSPS) is 34.5. The van der Waals surface area contributed by atoms with Crippen LogP contribution in [-0.2, 0) is 4.74 Å². The summed E-state index contributed by atoms with van der Waals surface area (Å²) in [5.41, 5.74) is 6.94. The van der Waals surface area contributed by atoms with Gasteiger partial charge in [-0.15, -0.1) is 0 Å². The van der Waals surface area contributed by atoms with Crippen LogP contribution >= 0.6 is 0 Å². The SMILES string of the molecule is NC1C(c2ccc(N3CCOCC3)nc2)CC(O)C1O. The summed E-state index contributed by atoms with van der Waals surface area (Å²) in [7, 11) is 0. The van der Waals surface area contributed by atoms with Gasteiger partial charge < -0.3 is 25.6 Å². The molecule has 0 amide bonds. The molecule has 1 aromatic rings. The van der Waals surface area contributed by atoms with Gasteiger partial charge in [0.15, 0.2) is 0 Å². The Balaban J connectivity index is 1.73. The highest BCUT2D eigenvalue weighted by Crippen LogP contribution is 2.34. The van der Waals surface area contributed by atoms with E-state index in [0.717, 1.165) is 37.7 Å². The number of nitrogens with two attached hydrogens (primary N) is 1. The molecule has 4 atom stereocenters. The molecule has 6 nitrogen and oxygen atoms in total. The maximum absolute atomic E-state index is 9.74. The first-order valence-electron chi connectivity index (χ1n) is 7.07. The predicted molar refractivity (Wildman–Crippen MR) is 74.6 cm³/mol. The van der Waals surface area contributed by atoms with Gasteiger partial charge in [-0.25, -0.2) is 4.98 Å². The molecule has 0 aromatic carbocycles. The van der Waals surface area contributed by atoms with Crippen LogP contribution in [0.4, 0.5) is 5.82 Å². The number of pyridine rings is 1. The molecule has 2 fully saturated rings. The van der Waals surface area contributed by atoms with Gasteiger partial charge in [0.1, 0.15) is 5.82 Å². The van der Waals surface area contributed by atoms with Crippen molar-refractivity contribution in [2.45, 2.75) is 30.6 Å². The zero-order valence-electron chi connectivity index (χ0n) is 11.4. The number of ether oxygens (including phenoxy) is 1. The predicted octanol–water partition coefficient (Wildman–Crippen LogP) is -0.545. The molecule has 1 aliphatic carbocycles. The summed E-state index contributed by atoms with van der Waals surface area (Å²) in [6.45, 7) is 3.17. The highest BCUT2D eigenvalue weighted by Gasteiger charge is 2.40. The largest absolute Gasteiger partial charge is 0.390 e. The summed E-state index contributed by atoms with van der Waals surface area (Å²) >= 11 is 0. The number of anilines is 1. The Morgan fingerprint density at radius 2 is 2.00 bits per heavy atom. The fraction of sp³-hybridized carbons (Fsp3) is 0.643. The second-order valence-corrected chi connectivity index (χ2v) is 5.53. The molecule has 1 aliphatic heterocycles.